The summed E-state index contributed by atoms with van der Waals surface area (Å²) in [7, 11) is 0. The van der Waals surface area contributed by atoms with Gasteiger partial charge in [-0.3, -0.25) is 0 Å². The second kappa shape index (κ2) is 10.8. The Kier molecular flexibility index (Phi) is 8.05. The lowest BCUT2D eigenvalue weighted by Crippen LogP contribution is -2.50. The molecule has 0 aliphatic carbocycles. The summed E-state index contributed by atoms with van der Waals surface area (Å²) in [5, 5.41) is 22.7. The maximum Gasteiger partial charge on any atom is 0.410 e. The maximum atomic E-state index is 12.2. The van der Waals surface area contributed by atoms with Gasteiger partial charge in [0.1, 0.15) is 18.0 Å². The van der Waals surface area contributed by atoms with Crippen molar-refractivity contribution in [3.8, 4) is 5.75 Å². The molecule has 1 amide bonds. The second-order valence-corrected chi connectivity index (χ2v) is 9.14. The topological polar surface area (TPSA) is 94.5 Å². The number of ether oxygens (including phenoxy) is 2. The van der Waals surface area contributed by atoms with Gasteiger partial charge >= 0.3 is 6.09 Å². The predicted octanol–water partition coefficient (Wildman–Crippen LogP) is 3.53. The third-order valence-electron chi connectivity index (χ3n) is 5.36. The molecular weight excluding hydrogens is 422 g/mol. The maximum absolute atomic E-state index is 12.2. The minimum atomic E-state index is -0.856. The predicted molar refractivity (Wildman–Crippen MR) is 129 cm³/mol. The highest BCUT2D eigenvalue weighted by molar-refractivity contribution is 5.68. The summed E-state index contributed by atoms with van der Waals surface area (Å²) < 4.78 is 10.9. The Hall–Kier alpha value is -2.97. The number of anilines is 2. The summed E-state index contributed by atoms with van der Waals surface area (Å²) in [6, 6.07) is 13.3. The Morgan fingerprint density at radius 2 is 1.76 bits per heavy atom. The summed E-state index contributed by atoms with van der Waals surface area (Å²) in [6.45, 7) is 10.4. The number of carbonyl (C=O) groups is 1. The second-order valence-electron chi connectivity index (χ2n) is 9.14. The lowest BCUT2D eigenvalue weighted by molar-refractivity contribution is 0.0240. The number of benzene rings is 2. The zero-order valence-corrected chi connectivity index (χ0v) is 19.9. The number of hydrogen-bond acceptors (Lipinski definition) is 7. The number of aryl methyl sites for hydroxylation is 1. The number of piperazine rings is 1. The summed E-state index contributed by atoms with van der Waals surface area (Å²) >= 11 is 0. The normalized spacial score (nSPS) is 15.2. The van der Waals surface area contributed by atoms with Crippen LogP contribution in [0.2, 0.25) is 0 Å². The van der Waals surface area contributed by atoms with Crippen molar-refractivity contribution in [3.63, 3.8) is 0 Å². The number of nitrogens with zero attached hydrogens (tertiary/aromatic N) is 2. The van der Waals surface area contributed by atoms with Crippen LogP contribution in [0.15, 0.2) is 42.5 Å². The van der Waals surface area contributed by atoms with Gasteiger partial charge in [-0.1, -0.05) is 12.1 Å². The van der Waals surface area contributed by atoms with Crippen molar-refractivity contribution in [1.82, 2.24) is 4.90 Å². The number of nitrogens with one attached hydrogen (secondary N) is 1. The van der Waals surface area contributed by atoms with Crippen molar-refractivity contribution in [1.29, 1.82) is 0 Å². The number of hydrogen-bond donors (Lipinski definition) is 3. The monoisotopic (exact) mass is 457 g/mol. The number of rotatable bonds is 7. The van der Waals surface area contributed by atoms with E-state index in [0.717, 1.165) is 35.6 Å². The van der Waals surface area contributed by atoms with E-state index in [1.807, 2.05) is 64.1 Å². The number of aliphatic hydroxyl groups is 2. The van der Waals surface area contributed by atoms with E-state index in [1.54, 1.807) is 11.0 Å². The largest absolute Gasteiger partial charge is 0.491 e. The Labute approximate surface area is 195 Å². The highest BCUT2D eigenvalue weighted by Gasteiger charge is 2.26. The minimum absolute atomic E-state index is 0.0345. The van der Waals surface area contributed by atoms with Crippen LogP contribution in [0.3, 0.4) is 0 Å². The zero-order chi connectivity index (χ0) is 24.0. The van der Waals surface area contributed by atoms with Crippen molar-refractivity contribution in [2.45, 2.75) is 39.5 Å². The molecule has 0 saturated carbocycles. The van der Waals surface area contributed by atoms with E-state index in [9.17, 15) is 9.90 Å². The zero-order valence-electron chi connectivity index (χ0n) is 19.9. The van der Waals surface area contributed by atoms with Crippen LogP contribution in [0.1, 0.15) is 38.1 Å². The molecule has 0 spiro atoms. The molecule has 33 heavy (non-hydrogen) atoms. The minimum Gasteiger partial charge on any atom is -0.491 e. The Morgan fingerprint density at radius 1 is 1.09 bits per heavy atom. The van der Waals surface area contributed by atoms with Gasteiger partial charge in [-0.25, -0.2) is 4.79 Å². The van der Waals surface area contributed by atoms with Crippen LogP contribution in [0, 0.1) is 6.92 Å². The van der Waals surface area contributed by atoms with Crippen LogP contribution < -0.4 is 15.0 Å². The molecule has 1 aliphatic heterocycles. The van der Waals surface area contributed by atoms with Crippen molar-refractivity contribution >= 4 is 17.5 Å². The van der Waals surface area contributed by atoms with E-state index in [4.69, 9.17) is 14.6 Å². The van der Waals surface area contributed by atoms with Gasteiger partial charge in [-0.2, -0.15) is 0 Å². The fourth-order valence-corrected chi connectivity index (χ4v) is 3.62. The lowest BCUT2D eigenvalue weighted by atomic mass is 10.1. The van der Waals surface area contributed by atoms with Crippen LogP contribution >= 0.6 is 0 Å². The molecule has 180 valence electrons. The molecule has 1 atom stereocenters. The first-order valence-corrected chi connectivity index (χ1v) is 11.3. The summed E-state index contributed by atoms with van der Waals surface area (Å²) in [6.07, 6.45) is -1.12. The Bertz CT molecular complexity index is 919. The fourth-order valence-electron chi connectivity index (χ4n) is 3.62. The SMILES string of the molecule is Cc1cc(OCCO)ccc1NC(O)c1ccc(N2CCN(C(=O)OC(C)(C)C)CC2)cc1. The van der Waals surface area contributed by atoms with Gasteiger partial charge in [0.2, 0.25) is 0 Å². The first-order valence-electron chi connectivity index (χ1n) is 11.3. The smallest absolute Gasteiger partial charge is 0.410 e. The van der Waals surface area contributed by atoms with Crippen LogP contribution in [-0.4, -0.2) is 66.2 Å². The van der Waals surface area contributed by atoms with Gasteiger partial charge in [-0.05, 0) is 63.6 Å². The molecule has 2 aromatic carbocycles. The highest BCUT2D eigenvalue weighted by Crippen LogP contribution is 2.26. The van der Waals surface area contributed by atoms with E-state index >= 15 is 0 Å². The van der Waals surface area contributed by atoms with E-state index in [-0.39, 0.29) is 19.3 Å². The molecule has 1 saturated heterocycles. The Balaban J connectivity index is 1.54. The number of aliphatic hydroxyl groups excluding tert-OH is 2. The quantitative estimate of drug-likeness (QED) is 0.548. The fraction of sp³-hybridized carbons (Fsp3) is 0.480. The van der Waals surface area contributed by atoms with E-state index in [2.05, 4.69) is 10.2 Å². The molecule has 3 rings (SSSR count). The molecule has 2 aromatic rings. The molecule has 8 nitrogen and oxygen atoms in total. The van der Waals surface area contributed by atoms with Crippen LogP contribution in [0.4, 0.5) is 16.2 Å². The standard InChI is InChI=1S/C25H35N3O5/c1-18-17-21(32-16-15-29)9-10-22(18)26-23(30)19-5-7-20(8-6-19)27-11-13-28(14-12-27)24(31)33-25(2,3)4/h5-10,17,23,26,29-30H,11-16H2,1-4H3. The van der Waals surface area contributed by atoms with Crippen molar-refractivity contribution in [3.05, 3.63) is 53.6 Å². The number of carbonyl (C=O) groups excluding carboxylic acids is 1. The van der Waals surface area contributed by atoms with Crippen LogP contribution in [0.5, 0.6) is 5.75 Å². The molecule has 8 heteroatoms. The molecule has 0 aromatic heterocycles. The van der Waals surface area contributed by atoms with E-state index in [1.165, 1.54) is 0 Å². The molecule has 3 N–H and O–H groups in total. The molecule has 1 aliphatic rings. The van der Waals surface area contributed by atoms with E-state index in [0.29, 0.717) is 18.8 Å². The third kappa shape index (κ3) is 7.00. The molecule has 1 fully saturated rings. The third-order valence-corrected chi connectivity index (χ3v) is 5.36. The van der Waals surface area contributed by atoms with Crippen molar-refractivity contribution in [2.24, 2.45) is 0 Å². The molecule has 0 bridgehead atoms. The van der Waals surface area contributed by atoms with Crippen molar-refractivity contribution < 1.29 is 24.5 Å². The molecule has 1 heterocycles. The number of amides is 1. The van der Waals surface area contributed by atoms with Crippen LogP contribution in [0.25, 0.3) is 0 Å². The highest BCUT2D eigenvalue weighted by atomic mass is 16.6. The molecular formula is C25H35N3O5. The lowest BCUT2D eigenvalue weighted by Gasteiger charge is -2.36. The summed E-state index contributed by atoms with van der Waals surface area (Å²) in [5.74, 6) is 0.678. The van der Waals surface area contributed by atoms with E-state index < -0.39 is 11.8 Å². The van der Waals surface area contributed by atoms with Gasteiger partial charge in [0.15, 0.2) is 6.23 Å². The van der Waals surface area contributed by atoms with Gasteiger partial charge < -0.3 is 34.8 Å². The van der Waals surface area contributed by atoms with Gasteiger partial charge in [-0.15, -0.1) is 0 Å². The summed E-state index contributed by atoms with van der Waals surface area (Å²) in [5.41, 5.74) is 3.06. The van der Waals surface area contributed by atoms with Gasteiger partial charge in [0.25, 0.3) is 0 Å². The average Bonchev–Trinajstić information content (AvgIpc) is 2.78. The average molecular weight is 458 g/mol. The van der Waals surface area contributed by atoms with Gasteiger partial charge in [0, 0.05) is 43.1 Å². The van der Waals surface area contributed by atoms with Crippen molar-refractivity contribution in [2.75, 3.05) is 49.6 Å². The van der Waals surface area contributed by atoms with Crippen LogP contribution in [-0.2, 0) is 4.74 Å². The first kappa shape index (κ1) is 24.7. The molecule has 0 radical (unpaired) electrons. The first-order chi connectivity index (χ1) is 15.7. The van der Waals surface area contributed by atoms with Gasteiger partial charge in [0.05, 0.1) is 6.61 Å². The summed E-state index contributed by atoms with van der Waals surface area (Å²) in [4.78, 5) is 16.2. The molecule has 1 unspecified atom stereocenters. The Morgan fingerprint density at radius 3 is 2.33 bits per heavy atom.